The Bertz CT molecular complexity index is 1250. The van der Waals surface area contributed by atoms with E-state index in [2.05, 4.69) is 6.92 Å². The zero-order chi connectivity index (χ0) is 25.1. The van der Waals surface area contributed by atoms with E-state index in [4.69, 9.17) is 9.15 Å². The Morgan fingerprint density at radius 3 is 2.49 bits per heavy atom. The maximum Gasteiger partial charge on any atom is 0.258 e. The van der Waals surface area contributed by atoms with Crippen molar-refractivity contribution in [3.05, 3.63) is 76.2 Å². The van der Waals surface area contributed by atoms with Crippen molar-refractivity contribution >= 4 is 11.8 Å². The number of nitrogens with zero attached hydrogens (tertiary/aromatic N) is 2. The van der Waals surface area contributed by atoms with Gasteiger partial charge >= 0.3 is 0 Å². The molecule has 3 aromatic rings. The number of benzene rings is 2. The standard InChI is InChI=1S/C27H30N2O6/c1-4-5-10-34-20-9-7-18-14-29(15-19(18)11-20)27(33)23-12-22(24(30)13-25(23)31)26(32)28(3)16-21-8-6-17(2)35-21/h6-9,11-13,30-31H,4-5,10,14-16H2,1-3H3. The van der Waals surface area contributed by atoms with Crippen LogP contribution in [0.2, 0.25) is 0 Å². The van der Waals surface area contributed by atoms with Crippen LogP contribution in [0.25, 0.3) is 0 Å². The number of aryl methyl sites for hydroxylation is 1. The lowest BCUT2D eigenvalue weighted by atomic mass is 10.1. The third kappa shape index (κ3) is 5.26. The summed E-state index contributed by atoms with van der Waals surface area (Å²) in [5.41, 5.74) is 1.88. The molecule has 0 unspecified atom stereocenters. The molecule has 0 bridgehead atoms. The van der Waals surface area contributed by atoms with E-state index < -0.39 is 17.6 Å². The first-order valence-corrected chi connectivity index (χ1v) is 11.7. The van der Waals surface area contributed by atoms with E-state index in [1.807, 2.05) is 25.1 Å². The highest BCUT2D eigenvalue weighted by molar-refractivity contribution is 6.03. The first-order valence-electron chi connectivity index (χ1n) is 11.7. The van der Waals surface area contributed by atoms with Crippen LogP contribution < -0.4 is 4.74 Å². The Morgan fingerprint density at radius 2 is 1.77 bits per heavy atom. The molecule has 8 nitrogen and oxygen atoms in total. The second-order valence-corrected chi connectivity index (χ2v) is 8.85. The molecule has 0 aliphatic carbocycles. The molecule has 4 rings (SSSR count). The molecule has 2 N–H and O–H groups in total. The van der Waals surface area contributed by atoms with Crippen LogP contribution >= 0.6 is 0 Å². The lowest BCUT2D eigenvalue weighted by Crippen LogP contribution is -2.28. The Balaban J connectivity index is 1.50. The molecule has 0 fully saturated rings. The molecule has 8 heteroatoms. The number of unbranched alkanes of at least 4 members (excludes halogenated alkanes) is 1. The summed E-state index contributed by atoms with van der Waals surface area (Å²) in [5, 5.41) is 20.8. The Labute approximate surface area is 204 Å². The van der Waals surface area contributed by atoms with Crippen LogP contribution in [0.1, 0.15) is 63.1 Å². The highest BCUT2D eigenvalue weighted by atomic mass is 16.5. The van der Waals surface area contributed by atoms with Gasteiger partial charge in [-0.15, -0.1) is 0 Å². The van der Waals surface area contributed by atoms with Crippen LogP contribution in [-0.4, -0.2) is 45.5 Å². The molecule has 2 heterocycles. The van der Waals surface area contributed by atoms with Crippen molar-refractivity contribution in [2.45, 2.75) is 46.3 Å². The lowest BCUT2D eigenvalue weighted by molar-refractivity contribution is 0.0748. The summed E-state index contributed by atoms with van der Waals surface area (Å²) >= 11 is 0. The molecule has 0 atom stereocenters. The highest BCUT2D eigenvalue weighted by Gasteiger charge is 2.29. The van der Waals surface area contributed by atoms with E-state index in [-0.39, 0.29) is 23.4 Å². The third-order valence-corrected chi connectivity index (χ3v) is 6.06. The summed E-state index contributed by atoms with van der Waals surface area (Å²) < 4.78 is 11.3. The van der Waals surface area contributed by atoms with Crippen LogP contribution in [0.3, 0.4) is 0 Å². The quantitative estimate of drug-likeness (QED) is 0.459. The maximum absolute atomic E-state index is 13.3. The van der Waals surface area contributed by atoms with Gasteiger partial charge in [0, 0.05) is 26.2 Å². The molecule has 0 spiro atoms. The fourth-order valence-corrected chi connectivity index (χ4v) is 4.11. The molecule has 2 aromatic carbocycles. The summed E-state index contributed by atoms with van der Waals surface area (Å²) in [6, 6.07) is 11.6. The maximum atomic E-state index is 13.3. The van der Waals surface area contributed by atoms with Crippen molar-refractivity contribution in [3.63, 3.8) is 0 Å². The summed E-state index contributed by atoms with van der Waals surface area (Å²) in [6.45, 7) is 5.49. The van der Waals surface area contributed by atoms with Crippen LogP contribution in [0, 0.1) is 6.92 Å². The van der Waals surface area contributed by atoms with Crippen molar-refractivity contribution in [2.75, 3.05) is 13.7 Å². The molecule has 2 amide bonds. The topological polar surface area (TPSA) is 103 Å². The molecule has 0 saturated heterocycles. The van der Waals surface area contributed by atoms with Gasteiger partial charge in [0.1, 0.15) is 28.8 Å². The molecule has 0 saturated carbocycles. The SMILES string of the molecule is CCCCOc1ccc2c(c1)CN(C(=O)c1cc(C(=O)N(C)Cc3ccc(C)o3)c(O)cc1O)C2. The zero-order valence-corrected chi connectivity index (χ0v) is 20.2. The van der Waals surface area contributed by atoms with Crippen LogP contribution in [0.5, 0.6) is 17.2 Å². The highest BCUT2D eigenvalue weighted by Crippen LogP contribution is 2.33. The van der Waals surface area contributed by atoms with Crippen molar-refractivity contribution in [1.29, 1.82) is 0 Å². The zero-order valence-electron chi connectivity index (χ0n) is 20.2. The number of hydrogen-bond donors (Lipinski definition) is 2. The molecule has 1 aliphatic heterocycles. The normalized spacial score (nSPS) is 12.5. The first-order chi connectivity index (χ1) is 16.8. The van der Waals surface area contributed by atoms with Gasteiger partial charge in [-0.1, -0.05) is 19.4 Å². The average Bonchev–Trinajstić information content (AvgIpc) is 3.44. The summed E-state index contributed by atoms with van der Waals surface area (Å²) in [4.78, 5) is 29.3. The van der Waals surface area contributed by atoms with E-state index in [1.165, 1.54) is 11.0 Å². The number of ether oxygens (including phenoxy) is 1. The minimum atomic E-state index is -0.496. The van der Waals surface area contributed by atoms with Crippen molar-refractivity contribution in [3.8, 4) is 17.2 Å². The fraction of sp³-hybridized carbons (Fsp3) is 0.333. The molecule has 0 radical (unpaired) electrons. The first kappa shape index (κ1) is 24.2. The smallest absolute Gasteiger partial charge is 0.258 e. The Hall–Kier alpha value is -3.94. The van der Waals surface area contributed by atoms with Gasteiger partial charge in [-0.2, -0.15) is 0 Å². The molecule has 1 aliphatic rings. The molecular formula is C27H30N2O6. The fourth-order valence-electron chi connectivity index (χ4n) is 4.11. The van der Waals surface area contributed by atoms with Crippen LogP contribution in [-0.2, 0) is 19.6 Å². The van der Waals surface area contributed by atoms with Gasteiger partial charge in [-0.05, 0) is 54.8 Å². The van der Waals surface area contributed by atoms with Crippen LogP contribution in [0.15, 0.2) is 46.9 Å². The van der Waals surface area contributed by atoms with E-state index in [1.54, 1.807) is 24.1 Å². The van der Waals surface area contributed by atoms with Gasteiger partial charge < -0.3 is 29.2 Å². The predicted molar refractivity (Wildman–Crippen MR) is 129 cm³/mol. The minimum absolute atomic E-state index is 0.0411. The molecule has 35 heavy (non-hydrogen) atoms. The number of aromatic hydroxyl groups is 2. The summed E-state index contributed by atoms with van der Waals surface area (Å²) in [7, 11) is 1.57. The van der Waals surface area contributed by atoms with Gasteiger partial charge in [0.25, 0.3) is 11.8 Å². The molecular weight excluding hydrogens is 448 g/mol. The predicted octanol–water partition coefficient (Wildman–Crippen LogP) is 4.61. The van der Waals surface area contributed by atoms with Crippen molar-refractivity contribution < 1.29 is 29.0 Å². The Morgan fingerprint density at radius 1 is 1.03 bits per heavy atom. The molecule has 184 valence electrons. The number of fused-ring (bicyclic) bond motifs is 1. The lowest BCUT2D eigenvalue weighted by Gasteiger charge is -2.19. The van der Waals surface area contributed by atoms with E-state index in [0.717, 1.165) is 41.5 Å². The minimum Gasteiger partial charge on any atom is -0.507 e. The second-order valence-electron chi connectivity index (χ2n) is 8.85. The largest absolute Gasteiger partial charge is 0.507 e. The van der Waals surface area contributed by atoms with Gasteiger partial charge in [-0.25, -0.2) is 0 Å². The van der Waals surface area contributed by atoms with Gasteiger partial charge in [-0.3, -0.25) is 9.59 Å². The van der Waals surface area contributed by atoms with E-state index in [9.17, 15) is 19.8 Å². The summed E-state index contributed by atoms with van der Waals surface area (Å²) in [5.74, 6) is 0.391. The van der Waals surface area contributed by atoms with Crippen LogP contribution in [0.4, 0.5) is 0 Å². The summed E-state index contributed by atoms with van der Waals surface area (Å²) in [6.07, 6.45) is 2.02. The van der Waals surface area contributed by atoms with Gasteiger partial charge in [0.15, 0.2) is 0 Å². The number of rotatable bonds is 8. The number of amides is 2. The second kappa shape index (κ2) is 10.1. The van der Waals surface area contributed by atoms with E-state index in [0.29, 0.717) is 25.5 Å². The monoisotopic (exact) mass is 478 g/mol. The number of hydrogen-bond acceptors (Lipinski definition) is 6. The van der Waals surface area contributed by atoms with Crippen molar-refractivity contribution in [1.82, 2.24) is 9.80 Å². The number of furan rings is 1. The number of phenolic OH excluding ortho intramolecular Hbond substituents is 2. The number of phenols is 2. The third-order valence-electron chi connectivity index (χ3n) is 6.06. The number of carbonyl (C=O) groups excluding carboxylic acids is 2. The van der Waals surface area contributed by atoms with E-state index >= 15 is 0 Å². The average molecular weight is 479 g/mol. The van der Waals surface area contributed by atoms with Crippen molar-refractivity contribution in [2.24, 2.45) is 0 Å². The molecule has 1 aromatic heterocycles. The Kier molecular flexibility index (Phi) is 7.00. The number of carbonyl (C=O) groups is 2. The van der Waals surface area contributed by atoms with Gasteiger partial charge in [0.05, 0.1) is 24.3 Å². The van der Waals surface area contributed by atoms with Gasteiger partial charge in [0.2, 0.25) is 0 Å².